The quantitative estimate of drug-likeness (QED) is 0.781. The van der Waals surface area contributed by atoms with Crippen molar-refractivity contribution in [3.8, 4) is 0 Å². The van der Waals surface area contributed by atoms with Crippen LogP contribution in [0.1, 0.15) is 51.5 Å². The molecule has 0 aliphatic carbocycles. The normalized spacial score (nSPS) is 19.5. The molecule has 0 bridgehead atoms. The highest BCUT2D eigenvalue weighted by Gasteiger charge is 2.43. The van der Waals surface area contributed by atoms with Gasteiger partial charge in [-0.2, -0.15) is 0 Å². The third kappa shape index (κ3) is 3.24. The van der Waals surface area contributed by atoms with E-state index in [-0.39, 0.29) is 17.9 Å². The smallest absolute Gasteiger partial charge is 0.328 e. The maximum Gasteiger partial charge on any atom is 0.328 e. The molecule has 1 aliphatic rings. The number of aryl methyl sites for hydroxylation is 3. The zero-order valence-electron chi connectivity index (χ0n) is 15.8. The molecule has 4 heteroatoms. The number of carbonyl (C=O) groups is 2. The second-order valence-electron chi connectivity index (χ2n) is 7.02. The summed E-state index contributed by atoms with van der Waals surface area (Å²) >= 11 is 0. The Hall–Kier alpha value is -2.62. The fourth-order valence-corrected chi connectivity index (χ4v) is 4.19. The Morgan fingerprint density at radius 1 is 1.00 bits per heavy atom. The van der Waals surface area contributed by atoms with Crippen LogP contribution in [0.3, 0.4) is 0 Å². The van der Waals surface area contributed by atoms with E-state index in [0.29, 0.717) is 12.0 Å². The summed E-state index contributed by atoms with van der Waals surface area (Å²) in [4.78, 5) is 27.3. The molecule has 3 rings (SSSR count). The molecule has 0 N–H and O–H groups in total. The van der Waals surface area contributed by atoms with E-state index in [4.69, 9.17) is 4.74 Å². The summed E-state index contributed by atoms with van der Waals surface area (Å²) in [6, 6.07) is 12.8. The van der Waals surface area contributed by atoms with Crippen LogP contribution in [-0.2, 0) is 9.53 Å². The third-order valence-corrected chi connectivity index (χ3v) is 5.18. The number of methoxy groups -OCH3 is 1. The number of benzene rings is 2. The van der Waals surface area contributed by atoms with E-state index in [1.807, 2.05) is 18.2 Å². The van der Waals surface area contributed by atoms with Gasteiger partial charge in [-0.1, -0.05) is 35.9 Å². The third-order valence-electron chi connectivity index (χ3n) is 5.18. The first-order valence-corrected chi connectivity index (χ1v) is 8.97. The predicted octanol–water partition coefficient (Wildman–Crippen LogP) is 4.13. The number of hydrogen-bond acceptors (Lipinski definition) is 3. The topological polar surface area (TPSA) is 46.6 Å². The van der Waals surface area contributed by atoms with Gasteiger partial charge in [-0.05, 0) is 62.4 Å². The molecule has 2 aromatic carbocycles. The molecule has 0 aromatic heterocycles. The number of hydrogen-bond donors (Lipinski definition) is 0. The van der Waals surface area contributed by atoms with Crippen LogP contribution in [0.4, 0.5) is 0 Å². The van der Waals surface area contributed by atoms with Gasteiger partial charge in [-0.25, -0.2) is 4.79 Å². The molecular weight excluding hydrogens is 326 g/mol. The lowest BCUT2D eigenvalue weighted by Gasteiger charge is -2.31. The minimum atomic E-state index is -0.544. The fraction of sp³-hybridized carbons (Fsp3) is 0.364. The molecule has 0 spiro atoms. The highest BCUT2D eigenvalue weighted by atomic mass is 16.5. The van der Waals surface area contributed by atoms with Gasteiger partial charge in [0.1, 0.15) is 6.04 Å². The monoisotopic (exact) mass is 351 g/mol. The van der Waals surface area contributed by atoms with Crippen LogP contribution in [0.25, 0.3) is 0 Å². The molecule has 2 atom stereocenters. The Morgan fingerprint density at radius 2 is 1.62 bits per heavy atom. The van der Waals surface area contributed by atoms with Crippen molar-refractivity contribution in [2.75, 3.05) is 7.11 Å². The second kappa shape index (κ2) is 7.32. The standard InChI is InChI=1S/C22H25NO3/c1-14-12-15(2)20(16(3)13-14)18-10-11-19(22(25)26-4)23(18)21(24)17-8-6-5-7-9-17/h5-9,12-13,18-19H,10-11H2,1-4H3/t18?,19-/m0/s1. The van der Waals surface area contributed by atoms with Crippen LogP contribution >= 0.6 is 0 Å². The van der Waals surface area contributed by atoms with E-state index >= 15 is 0 Å². The predicted molar refractivity (Wildman–Crippen MR) is 101 cm³/mol. The minimum absolute atomic E-state index is 0.118. The number of carbonyl (C=O) groups excluding carboxylic acids is 2. The first kappa shape index (κ1) is 18.2. The highest BCUT2D eigenvalue weighted by Crippen LogP contribution is 2.40. The molecule has 136 valence electrons. The summed E-state index contributed by atoms with van der Waals surface area (Å²) in [6.07, 6.45) is 1.37. The van der Waals surface area contributed by atoms with E-state index in [0.717, 1.165) is 23.1 Å². The summed E-state index contributed by atoms with van der Waals surface area (Å²) in [5.41, 5.74) is 5.25. The largest absolute Gasteiger partial charge is 0.467 e. The van der Waals surface area contributed by atoms with E-state index in [1.165, 1.54) is 12.7 Å². The fourth-order valence-electron chi connectivity index (χ4n) is 4.19. The molecule has 1 heterocycles. The van der Waals surface area contributed by atoms with Crippen molar-refractivity contribution in [3.05, 3.63) is 70.3 Å². The summed E-state index contributed by atoms with van der Waals surface area (Å²) < 4.78 is 4.98. The summed E-state index contributed by atoms with van der Waals surface area (Å²) in [5.74, 6) is -0.470. The average molecular weight is 351 g/mol. The Balaban J connectivity index is 2.07. The lowest BCUT2D eigenvalue weighted by Crippen LogP contribution is -2.42. The van der Waals surface area contributed by atoms with Gasteiger partial charge in [0.25, 0.3) is 5.91 Å². The van der Waals surface area contributed by atoms with E-state index in [9.17, 15) is 9.59 Å². The lowest BCUT2D eigenvalue weighted by atomic mass is 9.92. The molecule has 26 heavy (non-hydrogen) atoms. The summed E-state index contributed by atoms with van der Waals surface area (Å²) in [7, 11) is 1.38. The van der Waals surface area contributed by atoms with Crippen LogP contribution < -0.4 is 0 Å². The van der Waals surface area contributed by atoms with Crippen molar-refractivity contribution in [2.45, 2.75) is 45.7 Å². The average Bonchev–Trinajstić information content (AvgIpc) is 3.04. The first-order valence-electron chi connectivity index (χ1n) is 8.97. The Kier molecular flexibility index (Phi) is 5.12. The molecule has 0 radical (unpaired) electrons. The minimum Gasteiger partial charge on any atom is -0.467 e. The van der Waals surface area contributed by atoms with Crippen molar-refractivity contribution in [3.63, 3.8) is 0 Å². The van der Waals surface area contributed by atoms with Crippen LogP contribution in [0, 0.1) is 20.8 Å². The molecular formula is C22H25NO3. The molecule has 4 nitrogen and oxygen atoms in total. The van der Waals surface area contributed by atoms with Gasteiger partial charge in [-0.15, -0.1) is 0 Å². The van der Waals surface area contributed by atoms with Gasteiger partial charge >= 0.3 is 5.97 Å². The second-order valence-corrected chi connectivity index (χ2v) is 7.02. The van der Waals surface area contributed by atoms with Gasteiger partial charge in [0, 0.05) is 5.56 Å². The van der Waals surface area contributed by atoms with Gasteiger partial charge in [0.05, 0.1) is 13.2 Å². The summed E-state index contributed by atoms with van der Waals surface area (Å²) in [5, 5.41) is 0. The van der Waals surface area contributed by atoms with E-state index in [1.54, 1.807) is 17.0 Å². The van der Waals surface area contributed by atoms with Gasteiger partial charge in [-0.3, -0.25) is 4.79 Å². The number of likely N-dealkylation sites (tertiary alicyclic amines) is 1. The molecule has 1 aliphatic heterocycles. The Labute approximate surface area is 154 Å². The number of ether oxygens (including phenoxy) is 1. The maximum absolute atomic E-state index is 13.3. The first-order chi connectivity index (χ1) is 12.4. The van der Waals surface area contributed by atoms with Crippen molar-refractivity contribution in [1.82, 2.24) is 4.90 Å². The van der Waals surface area contributed by atoms with Crippen molar-refractivity contribution in [2.24, 2.45) is 0 Å². The zero-order valence-corrected chi connectivity index (χ0v) is 15.8. The van der Waals surface area contributed by atoms with Crippen molar-refractivity contribution < 1.29 is 14.3 Å². The van der Waals surface area contributed by atoms with Crippen LogP contribution in [0.2, 0.25) is 0 Å². The number of amides is 1. The van der Waals surface area contributed by atoms with E-state index in [2.05, 4.69) is 32.9 Å². The molecule has 0 saturated carbocycles. The molecule has 1 fully saturated rings. The SMILES string of the molecule is COC(=O)[C@@H]1CCC(c2c(C)cc(C)cc2C)N1C(=O)c1ccccc1. The number of nitrogens with zero attached hydrogens (tertiary/aromatic N) is 1. The van der Waals surface area contributed by atoms with Gasteiger partial charge in [0.2, 0.25) is 0 Å². The lowest BCUT2D eigenvalue weighted by molar-refractivity contribution is -0.145. The Morgan fingerprint density at radius 3 is 2.19 bits per heavy atom. The molecule has 1 saturated heterocycles. The van der Waals surface area contributed by atoms with Crippen molar-refractivity contribution in [1.29, 1.82) is 0 Å². The van der Waals surface area contributed by atoms with Crippen LogP contribution in [0.15, 0.2) is 42.5 Å². The molecule has 1 amide bonds. The van der Waals surface area contributed by atoms with Crippen LogP contribution in [-0.4, -0.2) is 29.9 Å². The highest BCUT2D eigenvalue weighted by molar-refractivity contribution is 5.97. The van der Waals surface area contributed by atoms with E-state index < -0.39 is 6.04 Å². The van der Waals surface area contributed by atoms with Gasteiger partial charge in [0.15, 0.2) is 0 Å². The summed E-state index contributed by atoms with van der Waals surface area (Å²) in [6.45, 7) is 6.22. The van der Waals surface area contributed by atoms with Crippen LogP contribution in [0.5, 0.6) is 0 Å². The van der Waals surface area contributed by atoms with Crippen molar-refractivity contribution >= 4 is 11.9 Å². The Bertz CT molecular complexity index is 806. The molecule has 1 unspecified atom stereocenters. The maximum atomic E-state index is 13.3. The zero-order chi connectivity index (χ0) is 18.8. The van der Waals surface area contributed by atoms with Gasteiger partial charge < -0.3 is 9.64 Å². The number of esters is 1. The molecule has 2 aromatic rings. The number of rotatable bonds is 3.